The smallest absolute Gasteiger partial charge is 0.251 e. The molecule has 4 heteroatoms. The largest absolute Gasteiger partial charge is 0.352 e. The fraction of sp³-hybridized carbons (Fsp3) is 0.200. The van der Waals surface area contributed by atoms with Crippen LogP contribution in [-0.4, -0.2) is 17.6 Å². The lowest BCUT2D eigenvalue weighted by Gasteiger charge is -2.02. The Morgan fingerprint density at radius 3 is 2.43 bits per heavy atom. The molecule has 0 radical (unpaired) electrons. The normalized spacial score (nSPS) is 9.50. The number of hydrogen-bond acceptors (Lipinski definition) is 2. The van der Waals surface area contributed by atoms with Crippen LogP contribution in [0.1, 0.15) is 16.8 Å². The van der Waals surface area contributed by atoms with E-state index in [-0.39, 0.29) is 17.4 Å². The monoisotopic (exact) mass is 209 g/mol. The van der Waals surface area contributed by atoms with E-state index >= 15 is 0 Å². The van der Waals surface area contributed by atoms with Gasteiger partial charge in [0.1, 0.15) is 0 Å². The molecule has 0 fully saturated rings. The zero-order valence-electron chi connectivity index (χ0n) is 7.56. The maximum atomic E-state index is 11.4. The van der Waals surface area contributed by atoms with Gasteiger partial charge in [0, 0.05) is 18.5 Å². The standard InChI is InChI=1S/C10H11NO2S/c12-9(14)6-7-11-10(13)8-4-2-1-3-5-8/h1-5H,6-7H2,(H,11,13)(H,12,14). The topological polar surface area (TPSA) is 46.2 Å². The van der Waals surface area contributed by atoms with Gasteiger partial charge in [0.2, 0.25) is 0 Å². The average Bonchev–Trinajstić information content (AvgIpc) is 2.18. The fourth-order valence-corrected chi connectivity index (χ4v) is 1.09. The maximum absolute atomic E-state index is 11.4. The van der Waals surface area contributed by atoms with Gasteiger partial charge in [-0.1, -0.05) is 18.2 Å². The van der Waals surface area contributed by atoms with Gasteiger partial charge >= 0.3 is 0 Å². The molecule has 1 N–H and O–H groups in total. The molecule has 0 bridgehead atoms. The Balaban J connectivity index is 2.40. The lowest BCUT2D eigenvalue weighted by Crippen LogP contribution is -2.25. The average molecular weight is 209 g/mol. The Morgan fingerprint density at radius 2 is 1.86 bits per heavy atom. The number of nitrogens with one attached hydrogen (secondary N) is 1. The van der Waals surface area contributed by atoms with Crippen LogP contribution in [0.25, 0.3) is 0 Å². The van der Waals surface area contributed by atoms with Gasteiger partial charge in [-0.2, -0.15) is 0 Å². The summed E-state index contributed by atoms with van der Waals surface area (Å²) in [5, 5.41) is 2.40. The summed E-state index contributed by atoms with van der Waals surface area (Å²) >= 11 is 3.60. The highest BCUT2D eigenvalue weighted by Gasteiger charge is 2.03. The molecule has 1 aromatic carbocycles. The molecule has 0 saturated carbocycles. The maximum Gasteiger partial charge on any atom is 0.251 e. The van der Waals surface area contributed by atoms with E-state index in [0.717, 1.165) is 0 Å². The Labute approximate surface area is 87.9 Å². The summed E-state index contributed by atoms with van der Waals surface area (Å²) in [6.07, 6.45) is 0.252. The van der Waals surface area contributed by atoms with Gasteiger partial charge in [0.05, 0.1) is 0 Å². The molecule has 0 atom stereocenters. The van der Waals surface area contributed by atoms with Crippen LogP contribution >= 0.6 is 12.6 Å². The van der Waals surface area contributed by atoms with Crippen LogP contribution in [0.4, 0.5) is 0 Å². The minimum Gasteiger partial charge on any atom is -0.352 e. The number of hydrogen-bond donors (Lipinski definition) is 2. The minimum absolute atomic E-state index is 0.166. The van der Waals surface area contributed by atoms with Gasteiger partial charge in [0.25, 0.3) is 5.91 Å². The molecule has 1 amide bonds. The molecule has 0 aliphatic heterocycles. The molecule has 0 aromatic heterocycles. The highest BCUT2D eigenvalue weighted by atomic mass is 32.1. The van der Waals surface area contributed by atoms with Crippen LogP contribution < -0.4 is 5.32 Å². The molecule has 1 rings (SSSR count). The zero-order valence-corrected chi connectivity index (χ0v) is 8.46. The van der Waals surface area contributed by atoms with Crippen LogP contribution in [0.15, 0.2) is 30.3 Å². The number of benzene rings is 1. The van der Waals surface area contributed by atoms with Gasteiger partial charge in [-0.05, 0) is 12.1 Å². The molecule has 0 aliphatic carbocycles. The second kappa shape index (κ2) is 5.44. The van der Waals surface area contributed by atoms with E-state index in [1.807, 2.05) is 6.07 Å². The van der Waals surface area contributed by atoms with Gasteiger partial charge in [-0.3, -0.25) is 9.59 Å². The first-order valence-corrected chi connectivity index (χ1v) is 4.70. The zero-order chi connectivity index (χ0) is 10.4. The number of carbonyl (C=O) groups is 2. The Kier molecular flexibility index (Phi) is 4.19. The van der Waals surface area contributed by atoms with E-state index in [0.29, 0.717) is 12.1 Å². The van der Waals surface area contributed by atoms with Crippen molar-refractivity contribution < 1.29 is 9.59 Å². The lowest BCUT2D eigenvalue weighted by molar-refractivity contribution is -0.110. The highest BCUT2D eigenvalue weighted by Crippen LogP contribution is 1.97. The van der Waals surface area contributed by atoms with Gasteiger partial charge in [0.15, 0.2) is 5.12 Å². The van der Waals surface area contributed by atoms with Gasteiger partial charge < -0.3 is 5.32 Å². The summed E-state index contributed by atoms with van der Waals surface area (Å²) in [5.74, 6) is -0.166. The first-order valence-electron chi connectivity index (χ1n) is 4.25. The van der Waals surface area contributed by atoms with Crippen molar-refractivity contribution in [3.63, 3.8) is 0 Å². The summed E-state index contributed by atoms with van der Waals surface area (Å²) in [6.45, 7) is 0.329. The lowest BCUT2D eigenvalue weighted by atomic mass is 10.2. The van der Waals surface area contributed by atoms with Gasteiger partial charge in [-0.25, -0.2) is 0 Å². The molecule has 0 saturated heterocycles. The molecular formula is C10H11NO2S. The van der Waals surface area contributed by atoms with Crippen molar-refractivity contribution in [3.05, 3.63) is 35.9 Å². The Bertz CT molecular complexity index is 324. The molecule has 3 nitrogen and oxygen atoms in total. The van der Waals surface area contributed by atoms with E-state index in [4.69, 9.17) is 0 Å². The van der Waals surface area contributed by atoms with E-state index in [1.165, 1.54) is 0 Å². The van der Waals surface area contributed by atoms with Crippen molar-refractivity contribution in [2.24, 2.45) is 0 Å². The third-order valence-electron chi connectivity index (χ3n) is 1.66. The van der Waals surface area contributed by atoms with Crippen molar-refractivity contribution >= 4 is 23.7 Å². The van der Waals surface area contributed by atoms with Crippen molar-refractivity contribution in [3.8, 4) is 0 Å². The molecular weight excluding hydrogens is 198 g/mol. The summed E-state index contributed by atoms with van der Waals surface area (Å²) in [4.78, 5) is 21.9. The molecule has 0 aliphatic rings. The quantitative estimate of drug-likeness (QED) is 0.733. The minimum atomic E-state index is -0.224. The highest BCUT2D eigenvalue weighted by molar-refractivity contribution is 7.96. The first-order chi connectivity index (χ1) is 6.70. The predicted octanol–water partition coefficient (Wildman–Crippen LogP) is 1.26. The SMILES string of the molecule is O=C(S)CCNC(=O)c1ccccc1. The second-order valence-electron chi connectivity index (χ2n) is 2.77. The second-order valence-corrected chi connectivity index (χ2v) is 3.26. The van der Waals surface area contributed by atoms with Crippen molar-refractivity contribution in [1.82, 2.24) is 5.32 Å². The third kappa shape index (κ3) is 3.62. The van der Waals surface area contributed by atoms with Crippen molar-refractivity contribution in [2.75, 3.05) is 6.54 Å². The summed E-state index contributed by atoms with van der Waals surface area (Å²) in [5.41, 5.74) is 0.596. The first kappa shape index (κ1) is 10.8. The van der Waals surface area contributed by atoms with E-state index in [2.05, 4.69) is 17.9 Å². The van der Waals surface area contributed by atoms with Gasteiger partial charge in [-0.15, -0.1) is 12.6 Å². The molecule has 0 unspecified atom stereocenters. The molecule has 1 aromatic rings. The Morgan fingerprint density at radius 1 is 1.21 bits per heavy atom. The fourth-order valence-electron chi connectivity index (χ4n) is 0.975. The third-order valence-corrected chi connectivity index (χ3v) is 1.88. The Hall–Kier alpha value is -1.29. The predicted molar refractivity (Wildman–Crippen MR) is 57.4 cm³/mol. The van der Waals surface area contributed by atoms with Crippen LogP contribution in [0.2, 0.25) is 0 Å². The van der Waals surface area contributed by atoms with Crippen molar-refractivity contribution in [2.45, 2.75) is 6.42 Å². The van der Waals surface area contributed by atoms with Crippen LogP contribution in [0.5, 0.6) is 0 Å². The van der Waals surface area contributed by atoms with E-state index in [1.54, 1.807) is 24.3 Å². The van der Waals surface area contributed by atoms with E-state index in [9.17, 15) is 9.59 Å². The molecule has 14 heavy (non-hydrogen) atoms. The number of thiol groups is 1. The van der Waals surface area contributed by atoms with Crippen molar-refractivity contribution in [1.29, 1.82) is 0 Å². The molecule has 74 valence electrons. The molecule has 0 heterocycles. The summed E-state index contributed by atoms with van der Waals surface area (Å²) < 4.78 is 0. The number of rotatable bonds is 4. The number of carbonyl (C=O) groups excluding carboxylic acids is 2. The summed E-state index contributed by atoms with van der Waals surface area (Å²) in [7, 11) is 0. The number of amides is 1. The summed E-state index contributed by atoms with van der Waals surface area (Å²) in [6, 6.07) is 8.86. The molecule has 0 spiro atoms. The van der Waals surface area contributed by atoms with E-state index < -0.39 is 0 Å². The van der Waals surface area contributed by atoms with Crippen LogP contribution in [0, 0.1) is 0 Å². The van der Waals surface area contributed by atoms with Crippen LogP contribution in [-0.2, 0) is 4.79 Å². The van der Waals surface area contributed by atoms with Crippen LogP contribution in [0.3, 0.4) is 0 Å².